The first kappa shape index (κ1) is 20.0. The summed E-state index contributed by atoms with van der Waals surface area (Å²) in [7, 11) is -1.37. The maximum atomic E-state index is 11.9. The molecule has 1 fully saturated rings. The maximum Gasteiger partial charge on any atom is 0.288 e. The second kappa shape index (κ2) is 8.12. The fourth-order valence-electron chi connectivity index (χ4n) is 3.35. The summed E-state index contributed by atoms with van der Waals surface area (Å²) >= 11 is 5.35. The Labute approximate surface area is 164 Å². The van der Waals surface area contributed by atoms with E-state index in [1.165, 1.54) is 0 Å². The molecule has 9 heteroatoms. The molecule has 7 nitrogen and oxygen atoms in total. The lowest BCUT2D eigenvalue weighted by Gasteiger charge is -2.29. The smallest absolute Gasteiger partial charge is 0.288 e. The van der Waals surface area contributed by atoms with Gasteiger partial charge in [-0.1, -0.05) is 26.0 Å². The van der Waals surface area contributed by atoms with Crippen LogP contribution in [-0.2, 0) is 16.5 Å². The molecule has 2 heterocycles. The molecule has 3 rings (SSSR count). The summed E-state index contributed by atoms with van der Waals surface area (Å²) in [6.07, 6.45) is 0.638. The van der Waals surface area contributed by atoms with E-state index in [0.29, 0.717) is 30.6 Å². The highest BCUT2D eigenvalue weighted by Crippen LogP contribution is 2.28. The molecule has 1 aromatic heterocycles. The van der Waals surface area contributed by atoms with Crippen LogP contribution in [0.2, 0.25) is 0 Å². The predicted molar refractivity (Wildman–Crippen MR) is 106 cm³/mol. The Morgan fingerprint density at radius 3 is 2.78 bits per heavy atom. The lowest BCUT2D eigenvalue weighted by atomic mass is 10.1. The van der Waals surface area contributed by atoms with E-state index in [0.717, 1.165) is 12.1 Å². The number of sulfone groups is 1. The van der Waals surface area contributed by atoms with Crippen molar-refractivity contribution in [2.75, 3.05) is 25.2 Å². The second-order valence-corrected chi connectivity index (χ2v) is 9.81. The largest absolute Gasteiger partial charge is 0.496 e. The second-order valence-electron chi connectivity index (χ2n) is 7.24. The van der Waals surface area contributed by atoms with Crippen LogP contribution in [0, 0.1) is 10.8 Å². The minimum atomic E-state index is -2.96. The van der Waals surface area contributed by atoms with Gasteiger partial charge in [-0.15, -0.1) is 5.10 Å². The molecular formula is C18H25N3O4S2. The van der Waals surface area contributed by atoms with Crippen LogP contribution in [0.4, 0.5) is 0 Å². The van der Waals surface area contributed by atoms with Crippen molar-refractivity contribution in [2.45, 2.75) is 33.0 Å². The highest BCUT2D eigenvalue weighted by molar-refractivity contribution is 7.91. The van der Waals surface area contributed by atoms with E-state index in [1.807, 2.05) is 24.3 Å². The number of benzene rings is 1. The third-order valence-corrected chi connectivity index (χ3v) is 6.63. The number of nitrogens with zero attached hydrogens (tertiary/aromatic N) is 3. The summed E-state index contributed by atoms with van der Waals surface area (Å²) < 4.78 is 36.5. The van der Waals surface area contributed by atoms with Crippen molar-refractivity contribution < 1.29 is 17.6 Å². The zero-order valence-corrected chi connectivity index (χ0v) is 17.4. The molecule has 0 saturated carbocycles. The van der Waals surface area contributed by atoms with Crippen molar-refractivity contribution in [1.82, 2.24) is 14.7 Å². The summed E-state index contributed by atoms with van der Waals surface area (Å²) in [5.41, 5.74) is 0.726. The van der Waals surface area contributed by atoms with E-state index in [9.17, 15) is 8.42 Å². The summed E-state index contributed by atoms with van der Waals surface area (Å²) in [5, 5.41) is 4.52. The fraction of sp³-hybridized carbons (Fsp3) is 0.556. The molecule has 0 aliphatic carbocycles. The molecule has 27 heavy (non-hydrogen) atoms. The number of para-hydroxylation sites is 1. The van der Waals surface area contributed by atoms with Crippen LogP contribution in [0.25, 0.3) is 11.5 Å². The van der Waals surface area contributed by atoms with E-state index in [1.54, 1.807) is 11.8 Å². The zero-order chi connectivity index (χ0) is 19.6. The highest BCUT2D eigenvalue weighted by Gasteiger charge is 2.33. The summed E-state index contributed by atoms with van der Waals surface area (Å²) in [5.74, 6) is 1.86. The van der Waals surface area contributed by atoms with Gasteiger partial charge >= 0.3 is 0 Å². The fourth-order valence-corrected chi connectivity index (χ4v) is 5.29. The van der Waals surface area contributed by atoms with Gasteiger partial charge in [-0.2, -0.15) is 0 Å². The molecule has 1 atom stereocenters. The van der Waals surface area contributed by atoms with Crippen LogP contribution in [0.3, 0.4) is 0 Å². The number of hydrogen-bond acceptors (Lipinski definition) is 7. The molecule has 0 amide bonds. The van der Waals surface area contributed by atoms with Gasteiger partial charge in [0.25, 0.3) is 10.7 Å². The van der Waals surface area contributed by atoms with Gasteiger partial charge < -0.3 is 9.15 Å². The molecule has 1 saturated heterocycles. The Hall–Kier alpha value is -1.71. The van der Waals surface area contributed by atoms with Gasteiger partial charge in [0.2, 0.25) is 0 Å². The SMILES string of the molecule is COc1ccccc1-c1nn(CN(CC(C)C)C2CCS(=O)(=O)C2)c(=S)o1. The van der Waals surface area contributed by atoms with Crippen molar-refractivity contribution in [1.29, 1.82) is 0 Å². The topological polar surface area (TPSA) is 77.6 Å². The quantitative estimate of drug-likeness (QED) is 0.648. The van der Waals surface area contributed by atoms with Crippen LogP contribution in [0.15, 0.2) is 28.7 Å². The molecule has 2 aromatic rings. The molecule has 148 valence electrons. The zero-order valence-electron chi connectivity index (χ0n) is 15.8. The minimum Gasteiger partial charge on any atom is -0.496 e. The Kier molecular flexibility index (Phi) is 6.02. The lowest BCUT2D eigenvalue weighted by Crippen LogP contribution is -2.40. The third kappa shape index (κ3) is 4.77. The molecule has 1 aliphatic rings. The lowest BCUT2D eigenvalue weighted by molar-refractivity contribution is 0.136. The number of hydrogen-bond donors (Lipinski definition) is 0. The molecule has 0 N–H and O–H groups in total. The van der Waals surface area contributed by atoms with Crippen molar-refractivity contribution >= 4 is 22.1 Å². The number of rotatable bonds is 7. The van der Waals surface area contributed by atoms with Crippen molar-refractivity contribution in [2.24, 2.45) is 5.92 Å². The molecular weight excluding hydrogens is 386 g/mol. The Balaban J connectivity index is 1.87. The third-order valence-electron chi connectivity index (χ3n) is 4.58. The Morgan fingerprint density at radius 2 is 2.15 bits per heavy atom. The minimum absolute atomic E-state index is 0.0225. The molecule has 1 unspecified atom stereocenters. The van der Waals surface area contributed by atoms with Crippen LogP contribution < -0.4 is 4.74 Å². The standard InChI is InChI=1S/C18H25N3O4S2/c1-13(2)10-20(14-8-9-27(22,23)11-14)12-21-18(26)25-17(19-21)15-6-4-5-7-16(15)24-3/h4-7,13-14H,8-12H2,1-3H3. The van der Waals surface area contributed by atoms with E-state index >= 15 is 0 Å². The van der Waals surface area contributed by atoms with Gasteiger partial charge in [0.1, 0.15) is 5.75 Å². The first-order valence-corrected chi connectivity index (χ1v) is 11.2. The first-order chi connectivity index (χ1) is 12.8. The summed E-state index contributed by atoms with van der Waals surface area (Å²) in [4.78, 5) is 2.39. The highest BCUT2D eigenvalue weighted by atomic mass is 32.2. The van der Waals surface area contributed by atoms with E-state index < -0.39 is 9.84 Å². The molecule has 1 aliphatic heterocycles. The average Bonchev–Trinajstić information content (AvgIpc) is 3.16. The van der Waals surface area contributed by atoms with E-state index in [4.69, 9.17) is 21.4 Å². The van der Waals surface area contributed by atoms with E-state index in [2.05, 4.69) is 23.8 Å². The van der Waals surface area contributed by atoms with Crippen LogP contribution in [0.5, 0.6) is 5.75 Å². The summed E-state index contributed by atoms with van der Waals surface area (Å²) in [6.45, 7) is 5.38. The van der Waals surface area contributed by atoms with Crippen molar-refractivity contribution in [3.05, 3.63) is 29.1 Å². The van der Waals surface area contributed by atoms with Gasteiger partial charge in [-0.3, -0.25) is 4.90 Å². The van der Waals surface area contributed by atoms with Crippen LogP contribution in [0.1, 0.15) is 20.3 Å². The van der Waals surface area contributed by atoms with Gasteiger partial charge in [-0.05, 0) is 36.7 Å². The molecule has 1 aromatic carbocycles. The number of ether oxygens (including phenoxy) is 1. The monoisotopic (exact) mass is 411 g/mol. The van der Waals surface area contributed by atoms with Crippen molar-refractivity contribution in [3.8, 4) is 17.2 Å². The first-order valence-electron chi connectivity index (χ1n) is 8.95. The molecule has 0 bridgehead atoms. The average molecular weight is 412 g/mol. The Morgan fingerprint density at radius 1 is 1.41 bits per heavy atom. The van der Waals surface area contributed by atoms with Gasteiger partial charge in [0.05, 0.1) is 30.8 Å². The molecule has 0 radical (unpaired) electrons. The van der Waals surface area contributed by atoms with Gasteiger partial charge in [0, 0.05) is 12.6 Å². The number of methoxy groups -OCH3 is 1. The van der Waals surface area contributed by atoms with Crippen LogP contribution >= 0.6 is 12.2 Å². The van der Waals surface area contributed by atoms with Gasteiger partial charge in [-0.25, -0.2) is 13.1 Å². The number of aromatic nitrogens is 2. The van der Waals surface area contributed by atoms with Gasteiger partial charge in [0.15, 0.2) is 9.84 Å². The van der Waals surface area contributed by atoms with E-state index in [-0.39, 0.29) is 22.4 Å². The maximum absolute atomic E-state index is 11.9. The van der Waals surface area contributed by atoms with Crippen molar-refractivity contribution in [3.63, 3.8) is 0 Å². The summed E-state index contributed by atoms with van der Waals surface area (Å²) in [6, 6.07) is 7.43. The van der Waals surface area contributed by atoms with Crippen LogP contribution in [-0.4, -0.2) is 54.3 Å². The Bertz CT molecular complexity index is 950. The predicted octanol–water partition coefficient (Wildman–Crippen LogP) is 2.98. The normalized spacial score (nSPS) is 19.1. The molecule has 0 spiro atoms.